The van der Waals surface area contributed by atoms with Crippen molar-refractivity contribution >= 4 is 38.5 Å². The third-order valence-corrected chi connectivity index (χ3v) is 5.00. The van der Waals surface area contributed by atoms with Crippen molar-refractivity contribution in [2.24, 2.45) is 0 Å². The molecule has 18 heavy (non-hydrogen) atoms. The molecule has 1 aliphatic rings. The second-order valence-electron chi connectivity index (χ2n) is 4.30. The highest BCUT2D eigenvalue weighted by molar-refractivity contribution is 7.91. The number of benzene rings is 1. The van der Waals surface area contributed by atoms with Gasteiger partial charge < -0.3 is 16.8 Å². The van der Waals surface area contributed by atoms with E-state index in [0.29, 0.717) is 6.42 Å². The fourth-order valence-corrected chi connectivity index (χ4v) is 3.75. The summed E-state index contributed by atoms with van der Waals surface area (Å²) in [5, 5.41) is 2.57. The molecule has 0 bridgehead atoms. The number of halogens is 2. The first-order valence-corrected chi connectivity index (χ1v) is 7.50. The van der Waals surface area contributed by atoms with Gasteiger partial charge >= 0.3 is 0 Å². The van der Waals surface area contributed by atoms with E-state index in [4.69, 9.17) is 23.1 Å². The van der Waals surface area contributed by atoms with Crippen LogP contribution in [0.1, 0.15) is 6.42 Å². The maximum atomic E-state index is 13.9. The number of nitrogen functional groups attached to an aromatic ring is 2. The van der Waals surface area contributed by atoms with E-state index in [-0.39, 0.29) is 39.6 Å². The van der Waals surface area contributed by atoms with Crippen LogP contribution in [-0.4, -0.2) is 26.0 Å². The van der Waals surface area contributed by atoms with E-state index >= 15 is 0 Å². The Morgan fingerprint density at radius 3 is 2.61 bits per heavy atom. The molecule has 0 aliphatic carbocycles. The molecule has 0 saturated carbocycles. The number of sulfone groups is 1. The van der Waals surface area contributed by atoms with E-state index in [2.05, 4.69) is 5.32 Å². The third-order valence-electron chi connectivity index (χ3n) is 2.85. The van der Waals surface area contributed by atoms with Crippen molar-refractivity contribution < 1.29 is 12.8 Å². The van der Waals surface area contributed by atoms with Crippen molar-refractivity contribution in [3.8, 4) is 0 Å². The van der Waals surface area contributed by atoms with Crippen LogP contribution in [0.4, 0.5) is 21.5 Å². The molecular weight excluding hydrogens is 281 g/mol. The number of nitrogens with two attached hydrogens (primary N) is 2. The van der Waals surface area contributed by atoms with Crippen LogP contribution in [0, 0.1) is 5.82 Å². The molecule has 1 aromatic carbocycles. The SMILES string of the molecule is Nc1cc(N)c(NC2CCS(=O)(=O)C2)c(F)c1Cl. The van der Waals surface area contributed by atoms with Gasteiger partial charge in [-0.15, -0.1) is 0 Å². The molecule has 1 aliphatic heterocycles. The van der Waals surface area contributed by atoms with Gasteiger partial charge in [0.05, 0.1) is 28.6 Å². The molecule has 8 heteroatoms. The summed E-state index contributed by atoms with van der Waals surface area (Å²) in [6, 6.07) is 0.989. The fraction of sp³-hybridized carbons (Fsp3) is 0.400. The molecule has 5 nitrogen and oxygen atoms in total. The van der Waals surface area contributed by atoms with Crippen LogP contribution < -0.4 is 16.8 Å². The van der Waals surface area contributed by atoms with Crippen molar-refractivity contribution in [2.75, 3.05) is 28.3 Å². The van der Waals surface area contributed by atoms with Gasteiger partial charge in [0.25, 0.3) is 0 Å². The Hall–Kier alpha value is -1.21. The predicted molar refractivity (Wildman–Crippen MR) is 70.9 cm³/mol. The van der Waals surface area contributed by atoms with E-state index < -0.39 is 15.7 Å². The van der Waals surface area contributed by atoms with Crippen LogP contribution in [0.3, 0.4) is 0 Å². The lowest BCUT2D eigenvalue weighted by Gasteiger charge is -2.16. The van der Waals surface area contributed by atoms with Gasteiger partial charge in [0.1, 0.15) is 5.02 Å². The maximum absolute atomic E-state index is 13.9. The standard InChI is InChI=1S/C10H13ClFN3O2S/c11-8-6(13)3-7(14)10(9(8)12)15-5-1-2-18(16,17)4-5/h3,5,15H,1-2,4,13-14H2. The Morgan fingerprint density at radius 2 is 2.06 bits per heavy atom. The van der Waals surface area contributed by atoms with Gasteiger partial charge in [0.15, 0.2) is 15.7 Å². The first-order valence-electron chi connectivity index (χ1n) is 5.30. The summed E-state index contributed by atoms with van der Waals surface area (Å²) >= 11 is 5.68. The largest absolute Gasteiger partial charge is 0.397 e. The second-order valence-corrected chi connectivity index (χ2v) is 6.91. The molecule has 1 saturated heterocycles. The van der Waals surface area contributed by atoms with Gasteiger partial charge in [0.2, 0.25) is 0 Å². The van der Waals surface area contributed by atoms with Gasteiger partial charge in [-0.3, -0.25) is 0 Å². The topological polar surface area (TPSA) is 98.2 Å². The van der Waals surface area contributed by atoms with Crippen LogP contribution in [0.25, 0.3) is 0 Å². The summed E-state index contributed by atoms with van der Waals surface area (Å²) in [6.07, 6.45) is 0.420. The number of hydrogen-bond donors (Lipinski definition) is 3. The summed E-state index contributed by atoms with van der Waals surface area (Å²) in [5.74, 6) is -0.693. The van der Waals surface area contributed by atoms with Gasteiger partial charge in [0, 0.05) is 6.04 Å². The molecule has 5 N–H and O–H groups in total. The smallest absolute Gasteiger partial charge is 0.169 e. The molecule has 0 aromatic heterocycles. The summed E-state index contributed by atoms with van der Waals surface area (Å²) in [7, 11) is -3.04. The number of nitrogens with one attached hydrogen (secondary N) is 1. The molecular formula is C10H13ClFN3O2S. The molecule has 2 rings (SSSR count). The summed E-state index contributed by atoms with van der Waals surface area (Å²) < 4.78 is 36.5. The molecule has 1 atom stereocenters. The Morgan fingerprint density at radius 1 is 1.39 bits per heavy atom. The predicted octanol–water partition coefficient (Wildman–Crippen LogP) is 1.24. The fourth-order valence-electron chi connectivity index (χ4n) is 1.93. The average molecular weight is 294 g/mol. The van der Waals surface area contributed by atoms with Crippen LogP contribution in [0.2, 0.25) is 5.02 Å². The average Bonchev–Trinajstić information content (AvgIpc) is 2.61. The lowest BCUT2D eigenvalue weighted by molar-refractivity contribution is 0.601. The van der Waals surface area contributed by atoms with Crippen molar-refractivity contribution in [3.63, 3.8) is 0 Å². The van der Waals surface area contributed by atoms with Crippen LogP contribution in [-0.2, 0) is 9.84 Å². The first kappa shape index (κ1) is 13.2. The zero-order valence-corrected chi connectivity index (χ0v) is 11.0. The van der Waals surface area contributed by atoms with Crippen molar-refractivity contribution in [1.29, 1.82) is 0 Å². The minimum Gasteiger partial charge on any atom is -0.397 e. The lowest BCUT2D eigenvalue weighted by atomic mass is 10.2. The molecule has 1 unspecified atom stereocenters. The summed E-state index contributed by atoms with van der Waals surface area (Å²) in [6.45, 7) is 0. The van der Waals surface area contributed by atoms with Crippen molar-refractivity contribution in [2.45, 2.75) is 12.5 Å². The highest BCUT2D eigenvalue weighted by Gasteiger charge is 2.29. The minimum absolute atomic E-state index is 0.0105. The molecule has 0 spiro atoms. The Bertz CT molecular complexity index is 591. The maximum Gasteiger partial charge on any atom is 0.169 e. The van der Waals surface area contributed by atoms with E-state index in [1.165, 1.54) is 6.07 Å². The zero-order valence-electron chi connectivity index (χ0n) is 9.41. The number of anilines is 3. The molecule has 1 aromatic rings. The highest BCUT2D eigenvalue weighted by Crippen LogP contribution is 2.34. The van der Waals surface area contributed by atoms with Crippen LogP contribution in [0.5, 0.6) is 0 Å². The molecule has 1 heterocycles. The van der Waals surface area contributed by atoms with Crippen molar-refractivity contribution in [1.82, 2.24) is 0 Å². The highest BCUT2D eigenvalue weighted by atomic mass is 35.5. The quantitative estimate of drug-likeness (QED) is 0.713. The van der Waals surface area contributed by atoms with Gasteiger partial charge in [-0.05, 0) is 12.5 Å². The monoisotopic (exact) mass is 293 g/mol. The van der Waals surface area contributed by atoms with Crippen LogP contribution in [0.15, 0.2) is 6.07 Å². The van der Waals surface area contributed by atoms with Crippen molar-refractivity contribution in [3.05, 3.63) is 16.9 Å². The Kier molecular flexibility index (Phi) is 3.29. The Balaban J connectivity index is 2.28. The Labute approximate surface area is 109 Å². The first-order chi connectivity index (χ1) is 8.30. The van der Waals surface area contributed by atoms with E-state index in [9.17, 15) is 12.8 Å². The van der Waals surface area contributed by atoms with Gasteiger partial charge in [-0.2, -0.15) is 0 Å². The van der Waals surface area contributed by atoms with E-state index in [1.54, 1.807) is 0 Å². The summed E-state index contributed by atoms with van der Waals surface area (Å²) in [4.78, 5) is 0. The van der Waals surface area contributed by atoms with Crippen LogP contribution >= 0.6 is 11.6 Å². The van der Waals surface area contributed by atoms with Gasteiger partial charge in [-0.1, -0.05) is 11.6 Å². The number of rotatable bonds is 2. The minimum atomic E-state index is -3.04. The number of hydrogen-bond acceptors (Lipinski definition) is 5. The molecule has 0 radical (unpaired) electrons. The normalized spacial score (nSPS) is 22.0. The molecule has 100 valence electrons. The zero-order chi connectivity index (χ0) is 13.5. The third kappa shape index (κ3) is 2.46. The van der Waals surface area contributed by atoms with E-state index in [0.717, 1.165) is 0 Å². The second kappa shape index (κ2) is 4.47. The van der Waals surface area contributed by atoms with E-state index in [1.807, 2.05) is 0 Å². The van der Waals surface area contributed by atoms with Gasteiger partial charge in [-0.25, -0.2) is 12.8 Å². The molecule has 0 amide bonds. The molecule has 1 fully saturated rings. The summed E-state index contributed by atoms with van der Waals surface area (Å²) in [5.41, 5.74) is 11.3. The lowest BCUT2D eigenvalue weighted by Crippen LogP contribution is -2.22.